The Morgan fingerprint density at radius 2 is 2.10 bits per heavy atom. The van der Waals surface area contributed by atoms with Crippen LogP contribution < -0.4 is 11.5 Å². The Kier molecular flexibility index (Phi) is 4.21. The molecule has 0 saturated heterocycles. The van der Waals surface area contributed by atoms with Crippen molar-refractivity contribution in [2.75, 3.05) is 0 Å². The molecule has 1 atom stereocenters. The van der Waals surface area contributed by atoms with Gasteiger partial charge in [-0.25, -0.2) is 0 Å². The summed E-state index contributed by atoms with van der Waals surface area (Å²) in [6.07, 6.45) is -4.29. The van der Waals surface area contributed by atoms with E-state index in [-0.39, 0.29) is 17.5 Å². The van der Waals surface area contributed by atoms with Gasteiger partial charge in [0.1, 0.15) is 0 Å². The number of alkyl halides is 3. The predicted octanol–water partition coefficient (Wildman–Crippen LogP) is 1.52. The summed E-state index contributed by atoms with van der Waals surface area (Å²) >= 11 is 1.03. The van der Waals surface area contributed by atoms with E-state index < -0.39 is 22.9 Å². The maximum atomic E-state index is 12.6. The summed E-state index contributed by atoms with van der Waals surface area (Å²) in [6.45, 7) is 0. The zero-order chi connectivity index (χ0) is 15.6. The van der Waals surface area contributed by atoms with Gasteiger partial charge in [-0.3, -0.25) is 4.79 Å². The lowest BCUT2D eigenvalue weighted by Crippen LogP contribution is -2.23. The Balaban J connectivity index is 2.11. The van der Waals surface area contributed by atoms with E-state index in [1.54, 1.807) is 0 Å². The van der Waals surface area contributed by atoms with E-state index in [9.17, 15) is 18.0 Å². The molecule has 1 heterocycles. The van der Waals surface area contributed by atoms with Crippen molar-refractivity contribution in [2.45, 2.75) is 17.8 Å². The number of rotatable bonds is 2. The second-order valence-corrected chi connectivity index (χ2v) is 5.45. The van der Waals surface area contributed by atoms with E-state index in [1.165, 1.54) is 12.1 Å². The van der Waals surface area contributed by atoms with Crippen LogP contribution in [0.25, 0.3) is 0 Å². The molecule has 1 aliphatic rings. The Labute approximate surface area is 122 Å². The summed E-state index contributed by atoms with van der Waals surface area (Å²) in [5.41, 5.74) is 10.0. The van der Waals surface area contributed by atoms with Crippen molar-refractivity contribution < 1.29 is 18.0 Å². The van der Waals surface area contributed by atoms with E-state index in [1.807, 2.05) is 0 Å². The molecule has 21 heavy (non-hydrogen) atoms. The normalized spacial score (nSPS) is 18.5. The van der Waals surface area contributed by atoms with Crippen LogP contribution in [0.3, 0.4) is 0 Å². The van der Waals surface area contributed by atoms with Gasteiger partial charge in [0.2, 0.25) is 0 Å². The molecule has 9 heteroatoms. The molecule has 0 fully saturated rings. The summed E-state index contributed by atoms with van der Waals surface area (Å²) in [6, 6.07) is 4.84. The zero-order valence-corrected chi connectivity index (χ0v) is 11.4. The Bertz CT molecular complexity index is 623. The highest BCUT2D eigenvalue weighted by molar-refractivity contribution is 8.15. The van der Waals surface area contributed by atoms with Gasteiger partial charge >= 0.3 is 6.18 Å². The fourth-order valence-electron chi connectivity index (χ4n) is 1.75. The molecule has 5 nitrogen and oxygen atoms in total. The standard InChI is InChI=1S/C12H11F3N4OS/c13-12(14,15)7-3-1-2-6(4-7)5-8-9(20)18-11(21-8)19-10(16)17/h1-4,8H,5H2,(H4,16,17,18,19,20)/t8-/m1/s1. The largest absolute Gasteiger partial charge is 0.416 e. The lowest BCUT2D eigenvalue weighted by atomic mass is 10.1. The summed E-state index contributed by atoms with van der Waals surface area (Å²) in [5, 5.41) is -0.497. The van der Waals surface area contributed by atoms with Crippen LogP contribution in [-0.2, 0) is 17.4 Å². The molecule has 0 aliphatic carbocycles. The SMILES string of the molecule is NC(N)=NC1=NC(=O)[C@@H](Cc2cccc(C(F)(F)F)c2)S1. The minimum absolute atomic E-state index is 0.122. The second kappa shape index (κ2) is 5.76. The van der Waals surface area contributed by atoms with E-state index in [0.717, 1.165) is 23.9 Å². The number of amidine groups is 1. The van der Waals surface area contributed by atoms with Crippen molar-refractivity contribution in [1.82, 2.24) is 0 Å². The topological polar surface area (TPSA) is 93.8 Å². The number of benzene rings is 1. The number of aliphatic imine (C=N–C) groups is 2. The molecule has 0 spiro atoms. The Hall–Kier alpha value is -2.03. The van der Waals surface area contributed by atoms with Gasteiger partial charge in [0, 0.05) is 0 Å². The molecule has 1 aromatic carbocycles. The van der Waals surface area contributed by atoms with Crippen LogP contribution in [-0.4, -0.2) is 22.3 Å². The third-order valence-corrected chi connectivity index (χ3v) is 3.68. The van der Waals surface area contributed by atoms with Crippen LogP contribution >= 0.6 is 11.8 Å². The van der Waals surface area contributed by atoms with Gasteiger partial charge in [0.25, 0.3) is 5.91 Å². The number of hydrogen-bond acceptors (Lipinski definition) is 3. The van der Waals surface area contributed by atoms with Crippen molar-refractivity contribution in [2.24, 2.45) is 21.5 Å². The smallest absolute Gasteiger partial charge is 0.370 e. The number of nitrogens with zero attached hydrogens (tertiary/aromatic N) is 2. The van der Waals surface area contributed by atoms with Crippen molar-refractivity contribution in [3.63, 3.8) is 0 Å². The van der Waals surface area contributed by atoms with Gasteiger partial charge in [0.05, 0.1) is 10.8 Å². The van der Waals surface area contributed by atoms with Crippen LogP contribution in [0.2, 0.25) is 0 Å². The highest BCUT2D eigenvalue weighted by Gasteiger charge is 2.32. The third kappa shape index (κ3) is 3.97. The van der Waals surface area contributed by atoms with E-state index in [2.05, 4.69) is 9.98 Å². The molecule has 4 N–H and O–H groups in total. The molecule has 1 aliphatic heterocycles. The van der Waals surface area contributed by atoms with Crippen LogP contribution in [0, 0.1) is 0 Å². The molecule has 1 aromatic rings. The molecule has 0 saturated carbocycles. The number of hydrogen-bond donors (Lipinski definition) is 2. The van der Waals surface area contributed by atoms with E-state index in [4.69, 9.17) is 11.5 Å². The van der Waals surface area contributed by atoms with E-state index in [0.29, 0.717) is 5.56 Å². The van der Waals surface area contributed by atoms with Crippen LogP contribution in [0.4, 0.5) is 13.2 Å². The van der Waals surface area contributed by atoms with Gasteiger partial charge in [-0.1, -0.05) is 30.0 Å². The zero-order valence-electron chi connectivity index (χ0n) is 10.6. The fraction of sp³-hybridized carbons (Fsp3) is 0.250. The van der Waals surface area contributed by atoms with E-state index >= 15 is 0 Å². The van der Waals surface area contributed by atoms with Crippen molar-refractivity contribution in [3.05, 3.63) is 35.4 Å². The molecule has 0 radical (unpaired) electrons. The summed E-state index contributed by atoms with van der Waals surface area (Å²) in [7, 11) is 0. The minimum atomic E-state index is -4.41. The van der Waals surface area contributed by atoms with Crippen molar-refractivity contribution in [1.29, 1.82) is 0 Å². The second-order valence-electron chi connectivity index (χ2n) is 4.28. The number of thioether (sulfide) groups is 1. The van der Waals surface area contributed by atoms with Gasteiger partial charge in [-0.15, -0.1) is 0 Å². The van der Waals surface area contributed by atoms with Crippen molar-refractivity contribution >= 4 is 28.8 Å². The fourth-order valence-corrected chi connectivity index (χ4v) is 2.73. The maximum Gasteiger partial charge on any atom is 0.416 e. The first kappa shape index (κ1) is 15.4. The summed E-state index contributed by atoms with van der Waals surface area (Å²) < 4.78 is 37.9. The first-order chi connectivity index (χ1) is 9.75. The minimum Gasteiger partial charge on any atom is -0.370 e. The molecular weight excluding hydrogens is 305 g/mol. The number of halogens is 3. The van der Waals surface area contributed by atoms with Crippen molar-refractivity contribution in [3.8, 4) is 0 Å². The molecule has 1 amide bonds. The highest BCUT2D eigenvalue weighted by Crippen LogP contribution is 2.31. The van der Waals surface area contributed by atoms with Gasteiger partial charge < -0.3 is 11.5 Å². The Morgan fingerprint density at radius 1 is 1.38 bits per heavy atom. The monoisotopic (exact) mass is 316 g/mol. The first-order valence-corrected chi connectivity index (χ1v) is 6.68. The highest BCUT2D eigenvalue weighted by atomic mass is 32.2. The van der Waals surface area contributed by atoms with Gasteiger partial charge in [-0.05, 0) is 18.1 Å². The molecule has 2 rings (SSSR count). The number of guanidine groups is 1. The first-order valence-electron chi connectivity index (χ1n) is 5.80. The van der Waals surface area contributed by atoms with Crippen LogP contribution in [0.5, 0.6) is 0 Å². The van der Waals surface area contributed by atoms with Crippen LogP contribution in [0.15, 0.2) is 34.3 Å². The average molecular weight is 316 g/mol. The maximum absolute atomic E-state index is 12.6. The molecule has 0 aromatic heterocycles. The quantitative estimate of drug-likeness (QED) is 0.639. The van der Waals surface area contributed by atoms with Gasteiger partial charge in [-0.2, -0.15) is 23.2 Å². The summed E-state index contributed by atoms with van der Waals surface area (Å²) in [5.74, 6) is -0.689. The lowest BCUT2D eigenvalue weighted by Gasteiger charge is -2.10. The Morgan fingerprint density at radius 3 is 2.71 bits per heavy atom. The number of nitrogens with two attached hydrogens (primary N) is 2. The predicted molar refractivity (Wildman–Crippen MR) is 74.8 cm³/mol. The number of amides is 1. The van der Waals surface area contributed by atoms with Crippen LogP contribution in [0.1, 0.15) is 11.1 Å². The molecule has 112 valence electrons. The number of carbonyl (C=O) groups excluding carboxylic acids is 1. The molecular formula is C12H11F3N4OS. The van der Waals surface area contributed by atoms with Gasteiger partial charge in [0.15, 0.2) is 11.1 Å². The molecule has 0 bridgehead atoms. The third-order valence-electron chi connectivity index (χ3n) is 2.63. The lowest BCUT2D eigenvalue weighted by molar-refractivity contribution is -0.137. The average Bonchev–Trinajstić information content (AvgIpc) is 2.68. The number of carbonyl (C=O) groups is 1. The summed E-state index contributed by atoms with van der Waals surface area (Å²) in [4.78, 5) is 19.0. The molecule has 0 unspecified atom stereocenters.